The molecule has 0 radical (unpaired) electrons. The number of nitrogens with zero attached hydrogens (tertiary/aromatic N) is 4. The van der Waals surface area contributed by atoms with Crippen molar-refractivity contribution < 1.29 is 19.1 Å². The molecule has 0 spiro atoms. The van der Waals surface area contributed by atoms with E-state index in [1.54, 1.807) is 31.4 Å². The second kappa shape index (κ2) is 11.0. The van der Waals surface area contributed by atoms with Gasteiger partial charge in [-0.1, -0.05) is 12.1 Å². The minimum Gasteiger partial charge on any atom is -0.497 e. The van der Waals surface area contributed by atoms with Crippen LogP contribution in [0.1, 0.15) is 44.6 Å². The largest absolute Gasteiger partial charge is 0.497 e. The third-order valence-electron chi connectivity index (χ3n) is 6.67. The number of anilines is 1. The molecule has 3 N–H and O–H groups in total. The average Bonchev–Trinajstić information content (AvgIpc) is 3.45. The van der Waals surface area contributed by atoms with Gasteiger partial charge in [0.2, 0.25) is 17.8 Å². The highest BCUT2D eigenvalue weighted by atomic mass is 16.5. The van der Waals surface area contributed by atoms with Gasteiger partial charge in [-0.05, 0) is 63.1 Å². The van der Waals surface area contributed by atoms with Gasteiger partial charge < -0.3 is 9.72 Å². The maximum Gasteiger partial charge on any atom is 0.262 e. The predicted octanol–water partition coefficient (Wildman–Crippen LogP) is 3.39. The molecule has 0 fully saturated rings. The van der Waals surface area contributed by atoms with Crippen LogP contribution in [0.3, 0.4) is 0 Å². The van der Waals surface area contributed by atoms with Gasteiger partial charge in [-0.25, -0.2) is 9.97 Å². The van der Waals surface area contributed by atoms with E-state index < -0.39 is 23.8 Å². The molecule has 0 saturated heterocycles. The number of H-pyrrole nitrogens is 1. The molecule has 11 heteroatoms. The number of hydrogen-bond donors (Lipinski definition) is 3. The van der Waals surface area contributed by atoms with Gasteiger partial charge in [-0.3, -0.25) is 34.9 Å². The Kier molecular flexibility index (Phi) is 7.28. The number of carbonyl (C=O) groups excluding carboxylic acids is 3. The van der Waals surface area contributed by atoms with Crippen molar-refractivity contribution in [1.82, 2.24) is 25.2 Å². The molecular weight excluding hydrogens is 510 g/mol. The number of amides is 3. The highest BCUT2D eigenvalue weighted by molar-refractivity contribution is 6.23. The van der Waals surface area contributed by atoms with Crippen LogP contribution in [-0.4, -0.2) is 63.2 Å². The number of aromatic nitrogens is 3. The van der Waals surface area contributed by atoms with Crippen LogP contribution in [0.15, 0.2) is 59.7 Å². The number of aliphatic imine (C=N–C) groups is 1. The van der Waals surface area contributed by atoms with E-state index in [0.717, 1.165) is 38.5 Å². The van der Waals surface area contributed by atoms with Crippen LogP contribution < -0.4 is 15.4 Å². The van der Waals surface area contributed by atoms with E-state index in [1.807, 2.05) is 44.3 Å². The number of aryl methyl sites for hydroxylation is 2. The first kappa shape index (κ1) is 26.5. The van der Waals surface area contributed by atoms with Gasteiger partial charge in [0.25, 0.3) is 11.8 Å². The van der Waals surface area contributed by atoms with Crippen molar-refractivity contribution in [3.05, 3.63) is 82.8 Å². The van der Waals surface area contributed by atoms with E-state index in [0.29, 0.717) is 13.0 Å². The Morgan fingerprint density at radius 2 is 1.73 bits per heavy atom. The summed E-state index contributed by atoms with van der Waals surface area (Å²) in [7, 11) is 1.62. The minimum atomic E-state index is -1.08. The topological polar surface area (TPSA) is 142 Å². The van der Waals surface area contributed by atoms with Gasteiger partial charge in [0.05, 0.1) is 18.2 Å². The van der Waals surface area contributed by atoms with E-state index >= 15 is 0 Å². The first-order chi connectivity index (χ1) is 19.2. The number of carbonyl (C=O) groups is 3. The first-order valence-corrected chi connectivity index (χ1v) is 12.8. The molecule has 1 atom stereocenters. The summed E-state index contributed by atoms with van der Waals surface area (Å²) >= 11 is 0. The highest BCUT2D eigenvalue weighted by Crippen LogP contribution is 2.25. The molecule has 204 valence electrons. The summed E-state index contributed by atoms with van der Waals surface area (Å²) in [6, 6.07) is 13.1. The molecule has 1 aliphatic rings. The lowest BCUT2D eigenvalue weighted by Gasteiger charge is -2.22. The predicted molar refractivity (Wildman–Crippen MR) is 151 cm³/mol. The van der Waals surface area contributed by atoms with Gasteiger partial charge in [0, 0.05) is 41.1 Å². The van der Waals surface area contributed by atoms with E-state index in [4.69, 9.17) is 4.74 Å². The fourth-order valence-corrected chi connectivity index (χ4v) is 4.68. The van der Waals surface area contributed by atoms with E-state index in [1.165, 1.54) is 6.92 Å². The number of ether oxygens (including phenoxy) is 1. The third-order valence-corrected chi connectivity index (χ3v) is 6.67. The van der Waals surface area contributed by atoms with E-state index in [2.05, 4.69) is 30.6 Å². The van der Waals surface area contributed by atoms with Crippen LogP contribution in [0.4, 0.5) is 5.95 Å². The molecule has 40 heavy (non-hydrogen) atoms. The number of rotatable bonds is 7. The number of hydrogen-bond acceptors (Lipinski definition) is 7. The van der Waals surface area contributed by atoms with E-state index in [-0.39, 0.29) is 23.0 Å². The quantitative estimate of drug-likeness (QED) is 0.186. The summed E-state index contributed by atoms with van der Waals surface area (Å²) in [5.74, 6) is -0.464. The van der Waals surface area contributed by atoms with Crippen LogP contribution >= 0.6 is 0 Å². The van der Waals surface area contributed by atoms with Crippen LogP contribution in [0.5, 0.6) is 5.75 Å². The van der Waals surface area contributed by atoms with Crippen molar-refractivity contribution in [2.24, 2.45) is 4.99 Å². The minimum absolute atomic E-state index is 0.111. The fraction of sp³-hybridized carbons (Fsp3) is 0.241. The standard InChI is InChI=1S/C29H29N7O4/c1-16-13-17(2)33-29(32-16)35-28(30-12-11-19-15-31-24-14-20(40-4)9-10-21(19)24)34-25(37)18(3)36-26(38)22-7-5-6-8-23(22)27(36)39/h5-10,13-15,18,31H,11-12H2,1-4H3,(H2,30,32,33,34,35,37)/t18-/m0/s1. The molecule has 0 aliphatic carbocycles. The van der Waals surface area contributed by atoms with Crippen molar-refractivity contribution in [2.75, 3.05) is 19.0 Å². The summed E-state index contributed by atoms with van der Waals surface area (Å²) in [4.78, 5) is 56.7. The van der Waals surface area contributed by atoms with Crippen LogP contribution in [0, 0.1) is 13.8 Å². The SMILES string of the molecule is COc1ccc2c(CCN=C(NC(=O)[C@H](C)N3C(=O)c4ccccc4C3=O)Nc3nc(C)cc(C)n3)c[nH]c2c1. The average molecular weight is 540 g/mol. The van der Waals surface area contributed by atoms with Crippen molar-refractivity contribution >= 4 is 40.5 Å². The lowest BCUT2D eigenvalue weighted by atomic mass is 10.1. The highest BCUT2D eigenvalue weighted by Gasteiger charge is 2.40. The lowest BCUT2D eigenvalue weighted by molar-refractivity contribution is -0.123. The number of methoxy groups -OCH3 is 1. The number of imide groups is 1. The lowest BCUT2D eigenvalue weighted by Crippen LogP contribution is -2.50. The van der Waals surface area contributed by atoms with Gasteiger partial charge in [0.15, 0.2) is 0 Å². The molecule has 2 aromatic carbocycles. The second-order valence-electron chi connectivity index (χ2n) is 9.50. The summed E-state index contributed by atoms with van der Waals surface area (Å²) in [5.41, 5.74) is 4.04. The number of guanidine groups is 1. The second-order valence-corrected chi connectivity index (χ2v) is 9.50. The van der Waals surface area contributed by atoms with Crippen molar-refractivity contribution in [3.63, 3.8) is 0 Å². The number of aromatic amines is 1. The zero-order valence-corrected chi connectivity index (χ0v) is 22.6. The smallest absolute Gasteiger partial charge is 0.262 e. The van der Waals surface area contributed by atoms with Crippen molar-refractivity contribution in [3.8, 4) is 5.75 Å². The Morgan fingerprint density at radius 1 is 1.05 bits per heavy atom. The number of nitrogens with one attached hydrogen (secondary N) is 3. The molecule has 3 amide bonds. The van der Waals surface area contributed by atoms with Gasteiger partial charge in [-0.15, -0.1) is 0 Å². The number of fused-ring (bicyclic) bond motifs is 2. The van der Waals surface area contributed by atoms with Gasteiger partial charge in [0.1, 0.15) is 11.8 Å². The summed E-state index contributed by atoms with van der Waals surface area (Å²) in [6.45, 7) is 5.51. The molecule has 0 unspecified atom stereocenters. The summed E-state index contributed by atoms with van der Waals surface area (Å²) in [6.07, 6.45) is 2.50. The van der Waals surface area contributed by atoms with Gasteiger partial charge >= 0.3 is 0 Å². The fourth-order valence-electron chi connectivity index (χ4n) is 4.68. The zero-order valence-electron chi connectivity index (χ0n) is 22.6. The summed E-state index contributed by atoms with van der Waals surface area (Å²) < 4.78 is 5.29. The van der Waals surface area contributed by atoms with Crippen LogP contribution in [0.2, 0.25) is 0 Å². The Bertz CT molecular complexity index is 1600. The molecule has 2 aromatic heterocycles. The zero-order chi connectivity index (χ0) is 28.4. The normalized spacial score (nSPS) is 13.9. The maximum atomic E-state index is 13.3. The van der Waals surface area contributed by atoms with Crippen LogP contribution in [0.25, 0.3) is 10.9 Å². The molecule has 0 saturated carbocycles. The first-order valence-electron chi connectivity index (χ1n) is 12.8. The van der Waals surface area contributed by atoms with Crippen molar-refractivity contribution in [2.45, 2.75) is 33.2 Å². The maximum absolute atomic E-state index is 13.3. The summed E-state index contributed by atoms with van der Waals surface area (Å²) in [5, 5.41) is 6.77. The molecule has 3 heterocycles. The monoisotopic (exact) mass is 539 g/mol. The molecule has 5 rings (SSSR count). The molecule has 0 bridgehead atoms. The van der Waals surface area contributed by atoms with Gasteiger partial charge in [-0.2, -0.15) is 0 Å². The molecule has 4 aromatic rings. The molecule has 11 nitrogen and oxygen atoms in total. The third kappa shape index (κ3) is 5.26. The van der Waals surface area contributed by atoms with E-state index in [9.17, 15) is 14.4 Å². The Balaban J connectivity index is 1.35. The Morgan fingerprint density at radius 3 is 2.38 bits per heavy atom. The van der Waals surface area contributed by atoms with Crippen molar-refractivity contribution in [1.29, 1.82) is 0 Å². The Labute approximate surface area is 230 Å². The molecule has 1 aliphatic heterocycles. The van der Waals surface area contributed by atoms with Crippen LogP contribution in [-0.2, 0) is 11.2 Å². The molecular formula is C29H29N7O4. The Hall–Kier alpha value is -5.06. The number of benzene rings is 2.